The number of carbonyl (C=O) groups excluding carboxylic acids is 1. The van der Waals surface area contributed by atoms with Crippen LogP contribution in [-0.2, 0) is 9.53 Å². The van der Waals surface area contributed by atoms with Gasteiger partial charge in [-0.2, -0.15) is 0 Å². The van der Waals surface area contributed by atoms with Crippen LogP contribution in [0.4, 0.5) is 0 Å². The van der Waals surface area contributed by atoms with Crippen LogP contribution in [-0.4, -0.2) is 18.1 Å². The van der Waals surface area contributed by atoms with Crippen LogP contribution in [0.25, 0.3) is 0 Å². The number of para-hydroxylation sites is 1. The Kier molecular flexibility index (Phi) is 6.22. The number of carbonyl (C=O) groups is 1. The molecule has 0 aromatic heterocycles. The molecular weight excluding hydrogens is 230 g/mol. The molecule has 0 spiro atoms. The van der Waals surface area contributed by atoms with Gasteiger partial charge in [0.25, 0.3) is 0 Å². The van der Waals surface area contributed by atoms with Gasteiger partial charge < -0.3 is 9.57 Å². The van der Waals surface area contributed by atoms with E-state index in [0.29, 0.717) is 5.75 Å². The average molecular weight is 251 g/mol. The highest BCUT2D eigenvalue weighted by molar-refractivity contribution is 5.75. The number of hydrogen-bond donors (Lipinski definition) is 1. The molecule has 0 heterocycles. The lowest BCUT2D eigenvalue weighted by Gasteiger charge is -2.18. The normalized spacial score (nSPS) is 12.2. The van der Waals surface area contributed by atoms with Gasteiger partial charge in [-0.25, -0.2) is 0 Å². The van der Waals surface area contributed by atoms with E-state index in [0.717, 1.165) is 12.8 Å². The lowest BCUT2D eigenvalue weighted by Crippen LogP contribution is -2.39. The number of esters is 1. The lowest BCUT2D eigenvalue weighted by molar-refractivity contribution is -0.153. The molecule has 0 aliphatic heterocycles. The molecule has 100 valence electrons. The Morgan fingerprint density at radius 1 is 1.22 bits per heavy atom. The SMILES string of the molecule is CCC(CC)OC(=O)[C@H](C)NOc1ccccc1. The lowest BCUT2D eigenvalue weighted by atomic mass is 10.2. The van der Waals surface area contributed by atoms with Crippen molar-refractivity contribution in [3.8, 4) is 5.75 Å². The third kappa shape index (κ3) is 4.75. The van der Waals surface area contributed by atoms with E-state index in [1.807, 2.05) is 44.2 Å². The summed E-state index contributed by atoms with van der Waals surface area (Å²) in [5, 5.41) is 0. The van der Waals surface area contributed by atoms with E-state index in [4.69, 9.17) is 9.57 Å². The molecular formula is C14H21NO3. The van der Waals surface area contributed by atoms with Gasteiger partial charge in [-0.3, -0.25) is 4.79 Å². The molecule has 1 rings (SSSR count). The molecule has 1 N–H and O–H groups in total. The molecule has 0 aliphatic carbocycles. The topological polar surface area (TPSA) is 47.6 Å². The Morgan fingerprint density at radius 3 is 2.39 bits per heavy atom. The molecule has 0 amide bonds. The molecule has 0 fully saturated rings. The molecule has 0 radical (unpaired) electrons. The van der Waals surface area contributed by atoms with E-state index in [1.54, 1.807) is 6.92 Å². The van der Waals surface area contributed by atoms with Gasteiger partial charge in [-0.05, 0) is 31.9 Å². The highest BCUT2D eigenvalue weighted by Gasteiger charge is 2.18. The van der Waals surface area contributed by atoms with Gasteiger partial charge in [0.2, 0.25) is 0 Å². The summed E-state index contributed by atoms with van der Waals surface area (Å²) in [5.41, 5.74) is 2.68. The van der Waals surface area contributed by atoms with Gasteiger partial charge in [0, 0.05) is 0 Å². The molecule has 1 aromatic carbocycles. The number of hydrogen-bond acceptors (Lipinski definition) is 4. The second-order valence-corrected chi connectivity index (χ2v) is 4.13. The molecule has 1 aromatic rings. The van der Waals surface area contributed by atoms with Crippen molar-refractivity contribution in [3.63, 3.8) is 0 Å². The third-order valence-corrected chi connectivity index (χ3v) is 2.64. The molecule has 4 nitrogen and oxygen atoms in total. The van der Waals surface area contributed by atoms with Crippen molar-refractivity contribution < 1.29 is 14.4 Å². The van der Waals surface area contributed by atoms with Gasteiger partial charge in [0.15, 0.2) is 0 Å². The zero-order valence-electron chi connectivity index (χ0n) is 11.2. The monoisotopic (exact) mass is 251 g/mol. The maximum absolute atomic E-state index is 11.7. The van der Waals surface area contributed by atoms with E-state index < -0.39 is 6.04 Å². The number of ether oxygens (including phenoxy) is 1. The van der Waals surface area contributed by atoms with Crippen LogP contribution in [0, 0.1) is 0 Å². The highest BCUT2D eigenvalue weighted by Crippen LogP contribution is 2.08. The van der Waals surface area contributed by atoms with Gasteiger partial charge >= 0.3 is 5.97 Å². The second-order valence-electron chi connectivity index (χ2n) is 4.13. The maximum atomic E-state index is 11.7. The summed E-state index contributed by atoms with van der Waals surface area (Å²) < 4.78 is 5.32. The predicted octanol–water partition coefficient (Wildman–Crippen LogP) is 2.69. The summed E-state index contributed by atoms with van der Waals surface area (Å²) >= 11 is 0. The molecule has 1 atom stereocenters. The first kappa shape index (κ1) is 14.5. The van der Waals surface area contributed by atoms with E-state index in [-0.39, 0.29) is 12.1 Å². The number of benzene rings is 1. The van der Waals surface area contributed by atoms with Crippen molar-refractivity contribution >= 4 is 5.97 Å². The minimum absolute atomic E-state index is 0.0153. The van der Waals surface area contributed by atoms with E-state index in [1.165, 1.54) is 0 Å². The average Bonchev–Trinajstić information content (AvgIpc) is 2.42. The van der Waals surface area contributed by atoms with Crippen molar-refractivity contribution in [1.82, 2.24) is 5.48 Å². The fourth-order valence-corrected chi connectivity index (χ4v) is 1.41. The van der Waals surface area contributed by atoms with Crippen LogP contribution >= 0.6 is 0 Å². The second kappa shape index (κ2) is 7.71. The summed E-state index contributed by atoms with van der Waals surface area (Å²) in [6.45, 7) is 5.72. The van der Waals surface area contributed by atoms with Crippen molar-refractivity contribution in [2.24, 2.45) is 0 Å². The summed E-state index contributed by atoms with van der Waals surface area (Å²) in [6.07, 6.45) is 1.64. The van der Waals surface area contributed by atoms with Crippen molar-refractivity contribution in [1.29, 1.82) is 0 Å². The molecule has 0 saturated heterocycles. The Labute approximate surface area is 108 Å². The number of hydroxylamine groups is 1. The highest BCUT2D eigenvalue weighted by atomic mass is 16.7. The first-order valence-electron chi connectivity index (χ1n) is 6.35. The van der Waals surface area contributed by atoms with Gasteiger partial charge in [-0.15, -0.1) is 5.48 Å². The molecule has 0 unspecified atom stereocenters. The number of rotatable bonds is 7. The first-order chi connectivity index (χ1) is 8.67. The fourth-order valence-electron chi connectivity index (χ4n) is 1.41. The van der Waals surface area contributed by atoms with E-state index >= 15 is 0 Å². The Morgan fingerprint density at radius 2 is 1.83 bits per heavy atom. The molecule has 18 heavy (non-hydrogen) atoms. The van der Waals surface area contributed by atoms with Crippen molar-refractivity contribution in [2.45, 2.75) is 45.8 Å². The van der Waals surface area contributed by atoms with Crippen LogP contribution in [0.3, 0.4) is 0 Å². The van der Waals surface area contributed by atoms with Gasteiger partial charge in [-0.1, -0.05) is 32.0 Å². The summed E-state index contributed by atoms with van der Waals surface area (Å²) in [4.78, 5) is 17.0. The standard InChI is InChI=1S/C14H21NO3/c1-4-12(5-2)17-14(16)11(3)15-18-13-9-7-6-8-10-13/h6-12,15H,4-5H2,1-3H3/t11-/m0/s1. The summed E-state index contributed by atoms with van der Waals surface area (Å²) in [7, 11) is 0. The molecule has 4 heteroatoms. The maximum Gasteiger partial charge on any atom is 0.326 e. The van der Waals surface area contributed by atoms with E-state index in [9.17, 15) is 4.79 Å². The van der Waals surface area contributed by atoms with Crippen LogP contribution in [0.1, 0.15) is 33.6 Å². The minimum atomic E-state index is -0.495. The predicted molar refractivity (Wildman–Crippen MR) is 70.1 cm³/mol. The van der Waals surface area contributed by atoms with Crippen LogP contribution in [0.15, 0.2) is 30.3 Å². The van der Waals surface area contributed by atoms with Gasteiger partial charge in [0.1, 0.15) is 17.9 Å². The Balaban J connectivity index is 2.36. The summed E-state index contributed by atoms with van der Waals surface area (Å²) in [5.74, 6) is 0.374. The smallest absolute Gasteiger partial charge is 0.326 e. The quantitative estimate of drug-likeness (QED) is 0.598. The van der Waals surface area contributed by atoms with Crippen LogP contribution < -0.4 is 10.3 Å². The molecule has 0 saturated carbocycles. The van der Waals surface area contributed by atoms with Crippen molar-refractivity contribution in [2.75, 3.05) is 0 Å². The zero-order chi connectivity index (χ0) is 13.4. The van der Waals surface area contributed by atoms with E-state index in [2.05, 4.69) is 5.48 Å². The molecule has 0 bridgehead atoms. The fraction of sp³-hybridized carbons (Fsp3) is 0.500. The largest absolute Gasteiger partial charge is 0.461 e. The Bertz CT molecular complexity index is 349. The zero-order valence-corrected chi connectivity index (χ0v) is 11.2. The van der Waals surface area contributed by atoms with Crippen LogP contribution in [0.2, 0.25) is 0 Å². The third-order valence-electron chi connectivity index (χ3n) is 2.64. The van der Waals surface area contributed by atoms with Gasteiger partial charge in [0.05, 0.1) is 0 Å². The van der Waals surface area contributed by atoms with Crippen molar-refractivity contribution in [3.05, 3.63) is 30.3 Å². The Hall–Kier alpha value is -1.55. The summed E-state index contributed by atoms with van der Waals surface area (Å²) in [6, 6.07) is 8.76. The number of nitrogens with one attached hydrogen (secondary N) is 1. The molecule has 0 aliphatic rings. The van der Waals surface area contributed by atoms with Crippen LogP contribution in [0.5, 0.6) is 5.75 Å². The first-order valence-corrected chi connectivity index (χ1v) is 6.35. The minimum Gasteiger partial charge on any atom is -0.461 e.